The number of carbonyl (C=O) groups is 2. The van der Waals surface area contributed by atoms with Gasteiger partial charge in [-0.05, 0) is 89.2 Å². The van der Waals surface area contributed by atoms with Gasteiger partial charge in [0.1, 0.15) is 11.6 Å². The molecule has 0 unspecified atom stereocenters. The molecule has 0 spiro atoms. The largest absolute Gasteiger partial charge is 0.288 e. The van der Waals surface area contributed by atoms with Crippen LogP contribution in [0.25, 0.3) is 0 Å². The molecule has 132 valence electrons. The van der Waals surface area contributed by atoms with Crippen molar-refractivity contribution in [1.82, 2.24) is 4.68 Å². The predicted octanol–water partition coefficient (Wildman–Crippen LogP) is 4.32. The smallest absolute Gasteiger partial charge is 0.267 e. The van der Waals surface area contributed by atoms with E-state index in [0.717, 1.165) is 9.69 Å². The molecule has 0 fully saturated rings. The van der Waals surface area contributed by atoms with Crippen molar-refractivity contribution in [2.75, 3.05) is 5.01 Å². The van der Waals surface area contributed by atoms with E-state index in [-0.39, 0.29) is 16.7 Å². The first kappa shape index (κ1) is 19.5. The Morgan fingerprint density at radius 1 is 0.885 bits per heavy atom. The normalized spacial score (nSPS) is 13.2. The summed E-state index contributed by atoms with van der Waals surface area (Å²) in [5, 5.41) is 10.0. The second kappa shape index (κ2) is 6.71. The number of imide groups is 1. The van der Waals surface area contributed by atoms with Crippen LogP contribution >= 0.6 is 63.7 Å². The average molecular weight is 609 g/mol. The summed E-state index contributed by atoms with van der Waals surface area (Å²) in [7, 11) is 0. The van der Waals surface area contributed by atoms with Crippen LogP contribution in [0.15, 0.2) is 28.8 Å². The molecular formula is C16H7Br4N3O3. The van der Waals surface area contributed by atoms with Crippen molar-refractivity contribution in [3.63, 3.8) is 0 Å². The molecule has 1 aromatic heterocycles. The summed E-state index contributed by atoms with van der Waals surface area (Å²) >= 11 is 13.3. The first-order chi connectivity index (χ1) is 12.1. The highest BCUT2D eigenvalue weighted by atomic mass is 79.9. The van der Waals surface area contributed by atoms with Crippen molar-refractivity contribution in [1.29, 1.82) is 5.26 Å². The van der Waals surface area contributed by atoms with Gasteiger partial charge in [0.2, 0.25) is 0 Å². The fourth-order valence-electron chi connectivity index (χ4n) is 2.78. The SMILES string of the molecule is Cc1cc(C)n(N2C(=O)c3c(Br)c(Br)c(Br)c(Br)c3C2=O)c(=O)c1C#N. The van der Waals surface area contributed by atoms with Crippen molar-refractivity contribution in [2.45, 2.75) is 13.8 Å². The van der Waals surface area contributed by atoms with E-state index in [4.69, 9.17) is 0 Å². The molecule has 0 radical (unpaired) electrons. The first-order valence-corrected chi connectivity index (χ1v) is 10.2. The van der Waals surface area contributed by atoms with Gasteiger partial charge in [0.05, 0.1) is 11.1 Å². The fourth-order valence-corrected chi connectivity index (χ4v) is 5.24. The summed E-state index contributed by atoms with van der Waals surface area (Å²) in [4.78, 5) is 38.7. The molecule has 3 rings (SSSR count). The summed E-state index contributed by atoms with van der Waals surface area (Å²) in [6.07, 6.45) is 0. The number of fused-ring (bicyclic) bond motifs is 1. The zero-order valence-corrected chi connectivity index (χ0v) is 19.5. The number of halogens is 4. The van der Waals surface area contributed by atoms with Crippen LogP contribution < -0.4 is 10.6 Å². The number of amides is 2. The van der Waals surface area contributed by atoms with Gasteiger partial charge in [0.25, 0.3) is 17.4 Å². The molecule has 2 heterocycles. The molecule has 2 aromatic rings. The Balaban J connectivity index is 2.36. The number of aromatic nitrogens is 1. The van der Waals surface area contributed by atoms with E-state index in [1.165, 1.54) is 0 Å². The molecule has 0 saturated carbocycles. The molecule has 1 aromatic carbocycles. The Morgan fingerprint density at radius 2 is 1.35 bits per heavy atom. The van der Waals surface area contributed by atoms with E-state index < -0.39 is 17.4 Å². The number of rotatable bonds is 1. The third-order valence-electron chi connectivity index (χ3n) is 3.95. The van der Waals surface area contributed by atoms with Crippen LogP contribution in [0, 0.1) is 25.2 Å². The number of nitrogens with zero attached hydrogens (tertiary/aromatic N) is 3. The maximum atomic E-state index is 13.0. The quantitative estimate of drug-likeness (QED) is 0.274. The summed E-state index contributed by atoms with van der Waals surface area (Å²) in [6, 6.07) is 3.41. The third kappa shape index (κ3) is 2.56. The van der Waals surface area contributed by atoms with Gasteiger partial charge in [-0.2, -0.15) is 10.3 Å². The number of carbonyl (C=O) groups excluding carboxylic acids is 2. The molecule has 0 N–H and O–H groups in total. The van der Waals surface area contributed by atoms with Gasteiger partial charge in [0.15, 0.2) is 0 Å². The minimum absolute atomic E-state index is 0.118. The summed E-state index contributed by atoms with van der Waals surface area (Å²) in [5.74, 6) is -1.33. The summed E-state index contributed by atoms with van der Waals surface area (Å²) < 4.78 is 2.83. The van der Waals surface area contributed by atoms with Gasteiger partial charge < -0.3 is 0 Å². The lowest BCUT2D eigenvalue weighted by Crippen LogP contribution is -2.48. The second-order valence-electron chi connectivity index (χ2n) is 5.50. The van der Waals surface area contributed by atoms with E-state index in [1.54, 1.807) is 19.9 Å². The number of hydrogen-bond acceptors (Lipinski definition) is 4. The second-order valence-corrected chi connectivity index (χ2v) is 8.67. The minimum Gasteiger partial charge on any atom is -0.267 e. The molecule has 0 atom stereocenters. The predicted molar refractivity (Wildman–Crippen MR) is 109 cm³/mol. The van der Waals surface area contributed by atoms with Gasteiger partial charge in [0, 0.05) is 23.6 Å². The van der Waals surface area contributed by atoms with Crippen LogP contribution in [0.1, 0.15) is 37.5 Å². The van der Waals surface area contributed by atoms with Crippen LogP contribution in [0.4, 0.5) is 0 Å². The number of aryl methyl sites for hydroxylation is 2. The molecule has 0 saturated heterocycles. The monoisotopic (exact) mass is 605 g/mol. The molecule has 0 aliphatic carbocycles. The van der Waals surface area contributed by atoms with Crippen LogP contribution in [0.5, 0.6) is 0 Å². The standard InChI is InChI=1S/C16H7Br4N3O3/c1-5-3-6(2)22(14(24)7(5)4-21)23-15(25)8-9(16(23)26)11(18)13(20)12(19)10(8)17/h3H,1-2H3. The van der Waals surface area contributed by atoms with Crippen molar-refractivity contribution < 1.29 is 9.59 Å². The maximum Gasteiger partial charge on any atom is 0.288 e. The highest BCUT2D eigenvalue weighted by molar-refractivity contribution is 9.15. The van der Waals surface area contributed by atoms with E-state index in [0.29, 0.717) is 29.1 Å². The van der Waals surface area contributed by atoms with E-state index in [1.807, 2.05) is 6.07 Å². The average Bonchev–Trinajstić information content (AvgIpc) is 2.83. The van der Waals surface area contributed by atoms with Crippen molar-refractivity contribution in [3.8, 4) is 6.07 Å². The molecule has 6 nitrogen and oxygen atoms in total. The molecular weight excluding hydrogens is 602 g/mol. The molecule has 1 aliphatic rings. The van der Waals surface area contributed by atoms with E-state index >= 15 is 0 Å². The Hall–Kier alpha value is -1.28. The van der Waals surface area contributed by atoms with Crippen LogP contribution in [-0.4, -0.2) is 16.5 Å². The van der Waals surface area contributed by atoms with E-state index in [2.05, 4.69) is 63.7 Å². The highest BCUT2D eigenvalue weighted by Crippen LogP contribution is 2.44. The lowest BCUT2D eigenvalue weighted by Gasteiger charge is -2.20. The van der Waals surface area contributed by atoms with Gasteiger partial charge in [-0.1, -0.05) is 0 Å². The number of nitriles is 1. The number of pyridine rings is 1. The Bertz CT molecular complexity index is 1080. The lowest BCUT2D eigenvalue weighted by molar-refractivity contribution is 0.0882. The Morgan fingerprint density at radius 3 is 1.77 bits per heavy atom. The fraction of sp³-hybridized carbons (Fsp3) is 0.125. The topological polar surface area (TPSA) is 83.2 Å². The molecule has 2 amide bonds. The summed E-state index contributed by atoms with van der Waals surface area (Å²) in [5.41, 5.74) is 0.268. The Kier molecular flexibility index (Phi) is 5.03. The maximum absolute atomic E-state index is 13.0. The first-order valence-electron chi connectivity index (χ1n) is 7.01. The Labute approximate surface area is 181 Å². The molecule has 26 heavy (non-hydrogen) atoms. The van der Waals surface area contributed by atoms with Crippen molar-refractivity contribution in [3.05, 3.63) is 62.3 Å². The van der Waals surface area contributed by atoms with Gasteiger partial charge in [-0.15, -0.1) is 0 Å². The van der Waals surface area contributed by atoms with Crippen LogP contribution in [0.2, 0.25) is 0 Å². The molecule has 1 aliphatic heterocycles. The van der Waals surface area contributed by atoms with Gasteiger partial charge in [-0.25, -0.2) is 4.68 Å². The zero-order valence-electron chi connectivity index (χ0n) is 13.2. The van der Waals surface area contributed by atoms with Gasteiger partial charge in [-0.3, -0.25) is 14.4 Å². The summed E-state index contributed by atoms with van der Waals surface area (Å²) in [6.45, 7) is 3.22. The highest BCUT2D eigenvalue weighted by Gasteiger charge is 2.43. The van der Waals surface area contributed by atoms with Crippen molar-refractivity contribution in [2.24, 2.45) is 0 Å². The number of hydrogen-bond donors (Lipinski definition) is 0. The van der Waals surface area contributed by atoms with Crippen LogP contribution in [-0.2, 0) is 0 Å². The molecule has 0 bridgehead atoms. The lowest BCUT2D eigenvalue weighted by atomic mass is 10.1. The third-order valence-corrected chi connectivity index (χ3v) is 8.72. The van der Waals surface area contributed by atoms with Crippen LogP contribution in [0.3, 0.4) is 0 Å². The zero-order chi connectivity index (χ0) is 19.5. The van der Waals surface area contributed by atoms with E-state index in [9.17, 15) is 19.6 Å². The molecule has 10 heteroatoms. The number of benzene rings is 1. The van der Waals surface area contributed by atoms with Crippen molar-refractivity contribution >= 4 is 75.5 Å². The minimum atomic E-state index is -0.718. The van der Waals surface area contributed by atoms with Gasteiger partial charge >= 0.3 is 0 Å².